The number of unbranched alkanes of at least 4 members (excludes halogenated alkanes) is 2. The number of terminal acetylenes is 1. The number of imidazole rings is 1. The summed E-state index contributed by atoms with van der Waals surface area (Å²) in [5, 5.41) is 0.878. The quantitative estimate of drug-likeness (QED) is 0.514. The van der Waals surface area contributed by atoms with Gasteiger partial charge >= 0.3 is 0 Å². The molecule has 0 amide bonds. The maximum Gasteiger partial charge on any atom is 0.175 e. The topological polar surface area (TPSA) is 69.6 Å². The van der Waals surface area contributed by atoms with Crippen molar-refractivity contribution in [3.63, 3.8) is 0 Å². The first kappa shape index (κ1) is 17.9. The number of nitrogen functional groups attached to an aromatic ring is 1. The number of nitrogens with two attached hydrogens (primary N) is 1. The van der Waals surface area contributed by atoms with Gasteiger partial charge in [-0.15, -0.1) is 6.42 Å². The molecule has 0 fully saturated rings. The zero-order chi connectivity index (χ0) is 18.8. The summed E-state index contributed by atoms with van der Waals surface area (Å²) in [6.45, 7) is 3.06. The predicted molar refractivity (Wildman–Crippen MR) is 110 cm³/mol. The molecule has 0 radical (unpaired) electrons. The lowest BCUT2D eigenvalue weighted by Gasteiger charge is -2.10. The number of aromatic nitrogens is 4. The van der Waals surface area contributed by atoms with Crippen molar-refractivity contribution >= 4 is 28.7 Å². The molecule has 138 valence electrons. The molecule has 3 aromatic rings. The fourth-order valence-electron chi connectivity index (χ4n) is 3.63. The van der Waals surface area contributed by atoms with Gasteiger partial charge in [0.2, 0.25) is 0 Å². The van der Waals surface area contributed by atoms with Crippen LogP contribution >= 0.6 is 11.8 Å². The molecule has 2 aromatic heterocycles. The third-order valence-electron chi connectivity index (χ3n) is 5.06. The van der Waals surface area contributed by atoms with Gasteiger partial charge in [-0.05, 0) is 48.9 Å². The molecule has 5 nitrogen and oxygen atoms in total. The van der Waals surface area contributed by atoms with Crippen LogP contribution in [-0.2, 0) is 19.4 Å². The summed E-state index contributed by atoms with van der Waals surface area (Å²) in [6, 6.07) is 4.41. The molecular weight excluding hydrogens is 354 g/mol. The van der Waals surface area contributed by atoms with E-state index < -0.39 is 0 Å². The molecule has 6 heteroatoms. The number of nitrogens with zero attached hydrogens (tertiary/aromatic N) is 4. The fraction of sp³-hybridized carbons (Fsp3) is 0.381. The lowest BCUT2D eigenvalue weighted by molar-refractivity contribution is 0.575. The van der Waals surface area contributed by atoms with Crippen LogP contribution in [-0.4, -0.2) is 19.5 Å². The minimum atomic E-state index is 0.419. The van der Waals surface area contributed by atoms with Gasteiger partial charge in [-0.2, -0.15) is 0 Å². The van der Waals surface area contributed by atoms with Crippen molar-refractivity contribution in [2.24, 2.45) is 0 Å². The SMILES string of the molecule is C#Cc1cc2c(cc1Sc1nc3c(N)ncnc3n1CCCCC)CCC2. The lowest BCUT2D eigenvalue weighted by atomic mass is 10.1. The smallest absolute Gasteiger partial charge is 0.175 e. The Morgan fingerprint density at radius 3 is 2.81 bits per heavy atom. The van der Waals surface area contributed by atoms with Gasteiger partial charge in [0.25, 0.3) is 0 Å². The molecule has 2 N–H and O–H groups in total. The summed E-state index contributed by atoms with van der Waals surface area (Å²) in [7, 11) is 0. The van der Waals surface area contributed by atoms with Gasteiger partial charge in [-0.25, -0.2) is 15.0 Å². The maximum atomic E-state index is 6.05. The molecule has 1 aromatic carbocycles. The van der Waals surface area contributed by atoms with Crippen molar-refractivity contribution < 1.29 is 0 Å². The van der Waals surface area contributed by atoms with E-state index in [4.69, 9.17) is 17.1 Å². The average Bonchev–Trinajstić information content (AvgIpc) is 3.26. The molecule has 0 saturated carbocycles. The minimum absolute atomic E-state index is 0.419. The molecule has 2 heterocycles. The Morgan fingerprint density at radius 2 is 2.04 bits per heavy atom. The van der Waals surface area contributed by atoms with Crippen molar-refractivity contribution in [3.05, 3.63) is 35.2 Å². The molecule has 0 spiro atoms. The summed E-state index contributed by atoms with van der Waals surface area (Å²) in [4.78, 5) is 14.4. The number of anilines is 1. The van der Waals surface area contributed by atoms with E-state index in [1.807, 2.05) is 0 Å². The first-order valence-corrected chi connectivity index (χ1v) is 10.3. The Hall–Kier alpha value is -2.52. The van der Waals surface area contributed by atoms with Gasteiger partial charge in [0, 0.05) is 17.0 Å². The molecule has 0 unspecified atom stereocenters. The van der Waals surface area contributed by atoms with E-state index in [1.54, 1.807) is 11.8 Å². The van der Waals surface area contributed by atoms with E-state index in [9.17, 15) is 0 Å². The maximum absolute atomic E-state index is 6.05. The number of rotatable bonds is 6. The predicted octanol–water partition coefficient (Wildman–Crippen LogP) is 4.22. The van der Waals surface area contributed by atoms with Gasteiger partial charge in [0.1, 0.15) is 6.33 Å². The van der Waals surface area contributed by atoms with E-state index in [0.717, 1.165) is 53.5 Å². The Labute approximate surface area is 163 Å². The Kier molecular flexibility index (Phi) is 5.04. The van der Waals surface area contributed by atoms with Gasteiger partial charge in [0.05, 0.1) is 0 Å². The molecular formula is C21H23N5S. The van der Waals surface area contributed by atoms with E-state index >= 15 is 0 Å². The van der Waals surface area contributed by atoms with Crippen LogP contribution < -0.4 is 5.73 Å². The number of hydrogen-bond donors (Lipinski definition) is 1. The summed E-state index contributed by atoms with van der Waals surface area (Å²) < 4.78 is 2.15. The van der Waals surface area contributed by atoms with Crippen molar-refractivity contribution in [2.75, 3.05) is 5.73 Å². The van der Waals surface area contributed by atoms with Crippen LogP contribution in [0.1, 0.15) is 49.3 Å². The van der Waals surface area contributed by atoms with E-state index in [-0.39, 0.29) is 0 Å². The highest BCUT2D eigenvalue weighted by Crippen LogP contribution is 2.36. The van der Waals surface area contributed by atoms with Crippen molar-refractivity contribution in [1.29, 1.82) is 0 Å². The molecule has 0 aliphatic heterocycles. The van der Waals surface area contributed by atoms with Crippen LogP contribution in [0.25, 0.3) is 11.2 Å². The summed E-state index contributed by atoms with van der Waals surface area (Å²) in [6.07, 6.45) is 14.2. The molecule has 0 atom stereocenters. The highest BCUT2D eigenvalue weighted by Gasteiger charge is 2.19. The molecule has 1 aliphatic rings. The monoisotopic (exact) mass is 377 g/mol. The molecule has 1 aliphatic carbocycles. The zero-order valence-electron chi connectivity index (χ0n) is 15.5. The second kappa shape index (κ2) is 7.61. The first-order chi connectivity index (χ1) is 13.2. The van der Waals surface area contributed by atoms with Gasteiger partial charge in [-0.1, -0.05) is 37.4 Å². The first-order valence-electron chi connectivity index (χ1n) is 9.48. The highest BCUT2D eigenvalue weighted by atomic mass is 32.2. The largest absolute Gasteiger partial charge is 0.382 e. The Bertz CT molecular complexity index is 1030. The second-order valence-electron chi connectivity index (χ2n) is 6.90. The van der Waals surface area contributed by atoms with Crippen molar-refractivity contribution in [1.82, 2.24) is 19.5 Å². The van der Waals surface area contributed by atoms with Crippen molar-refractivity contribution in [3.8, 4) is 12.3 Å². The van der Waals surface area contributed by atoms with Crippen LogP contribution in [0.2, 0.25) is 0 Å². The van der Waals surface area contributed by atoms with Gasteiger partial charge in [-0.3, -0.25) is 0 Å². The molecule has 0 saturated heterocycles. The molecule has 4 rings (SSSR count). The normalized spacial score (nSPS) is 13.0. The van der Waals surface area contributed by atoms with Crippen molar-refractivity contribution in [2.45, 2.75) is 62.0 Å². The van der Waals surface area contributed by atoms with Crippen LogP contribution in [0.4, 0.5) is 5.82 Å². The standard InChI is InChI=1S/C21H23N5S/c1-3-5-6-10-26-20-18(19(22)23-13-24-20)25-21(26)27-17-12-16-9-7-8-15(16)11-14(17)4-2/h2,11-13H,3,5-10H2,1H3,(H2,22,23,24). The zero-order valence-corrected chi connectivity index (χ0v) is 16.4. The molecule has 0 bridgehead atoms. The number of fused-ring (bicyclic) bond motifs is 2. The minimum Gasteiger partial charge on any atom is -0.382 e. The van der Waals surface area contributed by atoms with Crippen LogP contribution in [0.3, 0.4) is 0 Å². The summed E-state index contributed by atoms with van der Waals surface area (Å²) in [5.74, 6) is 3.27. The van der Waals surface area contributed by atoms with Crippen LogP contribution in [0.15, 0.2) is 28.5 Å². The highest BCUT2D eigenvalue weighted by molar-refractivity contribution is 7.99. The third-order valence-corrected chi connectivity index (χ3v) is 6.11. The second-order valence-corrected chi connectivity index (χ2v) is 7.91. The van der Waals surface area contributed by atoms with Crippen LogP contribution in [0, 0.1) is 12.3 Å². The van der Waals surface area contributed by atoms with E-state index in [0.29, 0.717) is 11.3 Å². The van der Waals surface area contributed by atoms with Gasteiger partial charge in [0.15, 0.2) is 22.1 Å². The van der Waals surface area contributed by atoms with E-state index in [2.05, 4.69) is 39.5 Å². The third kappa shape index (κ3) is 3.40. The lowest BCUT2D eigenvalue weighted by Crippen LogP contribution is -2.02. The number of aryl methyl sites for hydroxylation is 3. The average molecular weight is 378 g/mol. The number of benzene rings is 1. The van der Waals surface area contributed by atoms with Crippen LogP contribution in [0.5, 0.6) is 0 Å². The fourth-order valence-corrected chi connectivity index (χ4v) is 4.68. The van der Waals surface area contributed by atoms with E-state index in [1.165, 1.54) is 30.3 Å². The van der Waals surface area contributed by atoms with Gasteiger partial charge < -0.3 is 10.3 Å². The summed E-state index contributed by atoms with van der Waals surface area (Å²) >= 11 is 1.61. The Morgan fingerprint density at radius 1 is 1.22 bits per heavy atom. The number of hydrogen-bond acceptors (Lipinski definition) is 5. The Balaban J connectivity index is 1.76. The molecule has 27 heavy (non-hydrogen) atoms. The summed E-state index contributed by atoms with van der Waals surface area (Å²) in [5.41, 5.74) is 11.2.